The molecule has 0 spiro atoms. The Kier molecular flexibility index (Phi) is 9.15. The molecule has 8 heteroatoms. The molecule has 7 nitrogen and oxygen atoms in total. The van der Waals surface area contributed by atoms with Crippen LogP contribution in [0.2, 0.25) is 0 Å². The van der Waals surface area contributed by atoms with E-state index in [1.54, 1.807) is 18.2 Å². The lowest BCUT2D eigenvalue weighted by atomic mass is 9.98. The Morgan fingerprint density at radius 1 is 0.974 bits per heavy atom. The van der Waals surface area contributed by atoms with E-state index in [2.05, 4.69) is 23.7 Å². The van der Waals surface area contributed by atoms with Gasteiger partial charge in [-0.2, -0.15) is 0 Å². The number of aromatic nitrogens is 2. The second-order valence-electron chi connectivity index (χ2n) is 9.86. The minimum absolute atomic E-state index is 0.0551. The molecule has 3 N–H and O–H groups in total. The summed E-state index contributed by atoms with van der Waals surface area (Å²) in [6.45, 7) is 4.15. The van der Waals surface area contributed by atoms with E-state index in [0.717, 1.165) is 40.8 Å². The molecule has 1 atom stereocenters. The number of carboxylic acid groups (broad SMARTS) is 1. The molecule has 0 fully saturated rings. The van der Waals surface area contributed by atoms with Crippen LogP contribution in [0.1, 0.15) is 78.2 Å². The van der Waals surface area contributed by atoms with Crippen molar-refractivity contribution in [3.05, 3.63) is 89.7 Å². The van der Waals surface area contributed by atoms with E-state index in [1.807, 2.05) is 54.6 Å². The van der Waals surface area contributed by atoms with Gasteiger partial charge in [0.2, 0.25) is 0 Å². The molecule has 0 unspecified atom stereocenters. The summed E-state index contributed by atoms with van der Waals surface area (Å²) >= 11 is 5.77. The van der Waals surface area contributed by atoms with Crippen LogP contribution >= 0.6 is 11.6 Å². The number of rotatable bonds is 12. The molecule has 4 rings (SSSR count). The van der Waals surface area contributed by atoms with Crippen molar-refractivity contribution in [2.45, 2.75) is 51.6 Å². The van der Waals surface area contributed by atoms with E-state index in [4.69, 9.17) is 22.0 Å². The van der Waals surface area contributed by atoms with E-state index in [0.29, 0.717) is 18.6 Å². The fraction of sp³-hybridized carbons (Fsp3) is 0.290. The van der Waals surface area contributed by atoms with E-state index >= 15 is 0 Å². The smallest absolute Gasteiger partial charge is 0.336 e. The Morgan fingerprint density at radius 3 is 2.38 bits per heavy atom. The van der Waals surface area contributed by atoms with Gasteiger partial charge in [-0.25, -0.2) is 9.78 Å². The van der Waals surface area contributed by atoms with Gasteiger partial charge in [-0.3, -0.25) is 4.79 Å². The van der Waals surface area contributed by atoms with Gasteiger partial charge in [0.15, 0.2) is 0 Å². The zero-order valence-electron chi connectivity index (χ0n) is 22.2. The maximum atomic E-state index is 13.6. The number of carbonyl (C=O) groups is 2. The normalized spacial score (nSPS) is 12.0. The number of aromatic carboxylic acids is 1. The Labute approximate surface area is 233 Å². The average molecular weight is 545 g/mol. The largest absolute Gasteiger partial charge is 0.478 e. The number of alkyl halides is 1. The number of unbranched alkanes of at least 4 members (excludes halogenated alkanes) is 1. The highest BCUT2D eigenvalue weighted by Crippen LogP contribution is 2.29. The molecule has 1 aromatic heterocycles. The lowest BCUT2D eigenvalue weighted by molar-refractivity contribution is 0.0690. The predicted molar refractivity (Wildman–Crippen MR) is 156 cm³/mol. The van der Waals surface area contributed by atoms with E-state index in [1.165, 1.54) is 0 Å². The number of nitrogens with one attached hydrogen (secondary N) is 2. The molecule has 202 valence electrons. The third-order valence-electron chi connectivity index (χ3n) is 6.74. The second kappa shape index (κ2) is 12.7. The number of imidazole rings is 1. The third-order valence-corrected chi connectivity index (χ3v) is 7.06. The number of nitrogens with zero attached hydrogens (tertiary/aromatic N) is 2. The second-order valence-corrected chi connectivity index (χ2v) is 10.1. The van der Waals surface area contributed by atoms with Crippen molar-refractivity contribution >= 4 is 40.2 Å². The molecule has 0 bridgehead atoms. The first-order valence-corrected chi connectivity index (χ1v) is 13.7. The topological polar surface area (TPSA) is 108 Å². The van der Waals surface area contributed by atoms with E-state index < -0.39 is 17.9 Å². The van der Waals surface area contributed by atoms with Crippen molar-refractivity contribution in [2.75, 3.05) is 5.88 Å². The molecular weight excluding hydrogens is 512 g/mol. The number of carboxylic acids is 1. The van der Waals surface area contributed by atoms with E-state index in [-0.39, 0.29) is 23.0 Å². The van der Waals surface area contributed by atoms with Crippen LogP contribution in [-0.4, -0.2) is 38.1 Å². The number of halogens is 1. The molecule has 1 heterocycles. The van der Waals surface area contributed by atoms with Crippen LogP contribution in [0.4, 0.5) is 0 Å². The minimum atomic E-state index is -1.16. The van der Waals surface area contributed by atoms with Gasteiger partial charge in [0.05, 0.1) is 34.1 Å². The van der Waals surface area contributed by atoms with Crippen LogP contribution in [-0.2, 0) is 0 Å². The standard InChI is InChI=1S/C31H33ClN4O3/c1-20(2)36-28-15-9-8-13-26(28)34-29(36)27(14-7-6-12-23(33)19-32)35-30(37)24-17-16-22(18-25(24)31(38)39)21-10-4-3-5-11-21/h3-5,8-11,13,15-18,20,27,33H,6-7,12,14,19H2,1-2H3,(H,35,37)(H,38,39)/t27-/m0/s1. The van der Waals surface area contributed by atoms with Gasteiger partial charge in [0.1, 0.15) is 5.82 Å². The summed E-state index contributed by atoms with van der Waals surface area (Å²) in [5.41, 5.74) is 3.94. The quantitative estimate of drug-likeness (QED) is 0.0989. The highest BCUT2D eigenvalue weighted by Gasteiger charge is 2.26. The van der Waals surface area contributed by atoms with Crippen LogP contribution in [0, 0.1) is 5.41 Å². The summed E-state index contributed by atoms with van der Waals surface area (Å²) in [6, 6.07) is 21.9. The molecule has 0 saturated carbocycles. The van der Waals surface area contributed by atoms with Gasteiger partial charge in [0, 0.05) is 11.8 Å². The number of hydrogen-bond acceptors (Lipinski definition) is 4. The van der Waals surface area contributed by atoms with Crippen LogP contribution < -0.4 is 5.32 Å². The van der Waals surface area contributed by atoms with Crippen LogP contribution in [0.15, 0.2) is 72.8 Å². The Morgan fingerprint density at radius 2 is 1.69 bits per heavy atom. The van der Waals surface area contributed by atoms with Crippen molar-refractivity contribution in [2.24, 2.45) is 0 Å². The van der Waals surface area contributed by atoms with Gasteiger partial charge < -0.3 is 20.4 Å². The molecule has 0 radical (unpaired) electrons. The zero-order valence-corrected chi connectivity index (χ0v) is 22.9. The minimum Gasteiger partial charge on any atom is -0.478 e. The lowest BCUT2D eigenvalue weighted by Gasteiger charge is -2.22. The van der Waals surface area contributed by atoms with Crippen LogP contribution in [0.25, 0.3) is 22.2 Å². The number of amides is 1. The number of hydrogen-bond donors (Lipinski definition) is 3. The molecule has 3 aromatic carbocycles. The number of fused-ring (bicyclic) bond motifs is 1. The fourth-order valence-electron chi connectivity index (χ4n) is 4.84. The number of carbonyl (C=O) groups excluding carboxylic acids is 1. The summed E-state index contributed by atoms with van der Waals surface area (Å²) in [5.74, 6) is -0.693. The van der Waals surface area contributed by atoms with Gasteiger partial charge in [-0.05, 0) is 68.5 Å². The van der Waals surface area contributed by atoms with E-state index in [9.17, 15) is 14.7 Å². The zero-order chi connectivity index (χ0) is 27.9. The number of para-hydroxylation sites is 2. The SMILES string of the molecule is CC(C)n1c([C@H](CCCCC(=N)CCl)NC(=O)c2ccc(-c3ccccc3)cc2C(=O)O)nc2ccccc21. The van der Waals surface area contributed by atoms with Crippen molar-refractivity contribution in [3.8, 4) is 11.1 Å². The fourth-order valence-corrected chi connectivity index (χ4v) is 4.97. The Hall–Kier alpha value is -3.97. The highest BCUT2D eigenvalue weighted by molar-refractivity contribution is 6.28. The number of benzene rings is 3. The van der Waals surface area contributed by atoms with Crippen LogP contribution in [0.5, 0.6) is 0 Å². The molecule has 1 amide bonds. The van der Waals surface area contributed by atoms with Crippen LogP contribution in [0.3, 0.4) is 0 Å². The molecular formula is C31H33ClN4O3. The lowest BCUT2D eigenvalue weighted by Crippen LogP contribution is -2.32. The maximum absolute atomic E-state index is 13.6. The molecule has 39 heavy (non-hydrogen) atoms. The third kappa shape index (κ3) is 6.55. The monoisotopic (exact) mass is 544 g/mol. The molecule has 0 saturated heterocycles. The maximum Gasteiger partial charge on any atom is 0.336 e. The molecule has 0 aliphatic rings. The van der Waals surface area contributed by atoms with Gasteiger partial charge in [0.25, 0.3) is 5.91 Å². The Bertz CT molecular complexity index is 1480. The summed E-state index contributed by atoms with van der Waals surface area (Å²) in [5, 5.41) is 20.9. The highest BCUT2D eigenvalue weighted by atomic mass is 35.5. The van der Waals surface area contributed by atoms with Crippen molar-refractivity contribution in [1.29, 1.82) is 5.41 Å². The van der Waals surface area contributed by atoms with Gasteiger partial charge >= 0.3 is 5.97 Å². The molecule has 0 aliphatic carbocycles. The summed E-state index contributed by atoms with van der Waals surface area (Å²) in [4.78, 5) is 30.7. The molecule has 4 aromatic rings. The van der Waals surface area contributed by atoms with Crippen molar-refractivity contribution in [1.82, 2.24) is 14.9 Å². The summed E-state index contributed by atoms with van der Waals surface area (Å²) in [7, 11) is 0. The Balaban J connectivity index is 1.68. The molecule has 0 aliphatic heterocycles. The van der Waals surface area contributed by atoms with Crippen molar-refractivity contribution < 1.29 is 14.7 Å². The first-order valence-electron chi connectivity index (χ1n) is 13.1. The average Bonchev–Trinajstić information content (AvgIpc) is 3.34. The predicted octanol–water partition coefficient (Wildman–Crippen LogP) is 7.27. The first-order chi connectivity index (χ1) is 18.8. The van der Waals surface area contributed by atoms with Gasteiger partial charge in [-0.1, -0.05) is 55.0 Å². The van der Waals surface area contributed by atoms with Crippen molar-refractivity contribution in [3.63, 3.8) is 0 Å². The van der Waals surface area contributed by atoms with Gasteiger partial charge in [-0.15, -0.1) is 11.6 Å². The summed E-state index contributed by atoms with van der Waals surface area (Å²) in [6.07, 6.45) is 2.67. The first kappa shape index (κ1) is 28.0. The summed E-state index contributed by atoms with van der Waals surface area (Å²) < 4.78 is 2.12.